The van der Waals surface area contributed by atoms with Crippen LogP contribution in [0.15, 0.2) is 86.0 Å². The van der Waals surface area contributed by atoms with Crippen LogP contribution in [-0.4, -0.2) is 55.2 Å². The number of hydrogen-bond donors (Lipinski definition) is 4. The molecule has 15 nitrogen and oxygen atoms in total. The average molecular weight is 674 g/mol. The van der Waals surface area contributed by atoms with E-state index < -0.39 is 12.1 Å². The molecule has 252 valence electrons. The molecule has 0 saturated heterocycles. The Hall–Kier alpha value is -5.54. The Bertz CT molecular complexity index is 1510. The molecule has 0 aliphatic carbocycles. The van der Waals surface area contributed by atoms with Crippen LogP contribution in [0.25, 0.3) is 0 Å². The lowest BCUT2D eigenvalue weighted by Crippen LogP contribution is -3.00. The van der Waals surface area contributed by atoms with Gasteiger partial charge in [-0.1, -0.05) is 0 Å². The van der Waals surface area contributed by atoms with E-state index in [1.807, 2.05) is 35.6 Å². The third-order valence-electron chi connectivity index (χ3n) is 5.44. The van der Waals surface area contributed by atoms with Crippen LogP contribution in [0.3, 0.4) is 0 Å². The first kappa shape index (κ1) is 39.5. The minimum absolute atomic E-state index is 0. The summed E-state index contributed by atoms with van der Waals surface area (Å²) in [5, 5.41) is 21.1. The number of aryl methyl sites for hydroxylation is 2. The van der Waals surface area contributed by atoms with E-state index in [-0.39, 0.29) is 49.2 Å². The number of amides is 2. The molecule has 47 heavy (non-hydrogen) atoms. The van der Waals surface area contributed by atoms with E-state index in [9.17, 15) is 24.0 Å². The maximum absolute atomic E-state index is 11.7. The number of esters is 2. The lowest BCUT2D eigenvalue weighted by Gasteiger charge is -2.05. The third-order valence-corrected chi connectivity index (χ3v) is 5.44. The van der Waals surface area contributed by atoms with Gasteiger partial charge < -0.3 is 42.7 Å². The van der Waals surface area contributed by atoms with E-state index in [0.29, 0.717) is 22.9 Å². The molecule has 2 heterocycles. The number of benzene rings is 2. The molecule has 2 aromatic carbocycles. The maximum atomic E-state index is 11.7. The normalized spacial score (nSPS) is 10.3. The van der Waals surface area contributed by atoms with Crippen LogP contribution in [0.2, 0.25) is 0 Å². The highest BCUT2D eigenvalue weighted by atomic mass is 35.5. The van der Waals surface area contributed by atoms with Gasteiger partial charge in [-0.2, -0.15) is 0 Å². The van der Waals surface area contributed by atoms with Crippen molar-refractivity contribution >= 4 is 41.1 Å². The number of nitrogens with zero attached hydrogens (tertiary/aromatic N) is 4. The number of carboxylic acids is 1. The van der Waals surface area contributed by atoms with E-state index in [1.165, 1.54) is 20.8 Å². The summed E-state index contributed by atoms with van der Waals surface area (Å²) in [4.78, 5) is 54.7. The molecular formula is C31H38ClN6O9+. The number of aromatic nitrogens is 4. The number of carbonyl (C=O) groups is 5. The molecule has 0 bridgehead atoms. The van der Waals surface area contributed by atoms with Gasteiger partial charge in [-0.15, -0.1) is 0 Å². The van der Waals surface area contributed by atoms with Gasteiger partial charge >= 0.3 is 17.9 Å². The number of halogens is 1. The lowest BCUT2D eigenvalue weighted by molar-refractivity contribution is -0.671. The number of carboxylic acid groups (broad SMARTS) is 1. The number of hydrogen-bond acceptors (Lipinski definition) is 8. The first-order chi connectivity index (χ1) is 21.7. The van der Waals surface area contributed by atoms with Gasteiger partial charge in [0.15, 0.2) is 13.1 Å². The molecule has 0 spiro atoms. The Kier molecular flexibility index (Phi) is 16.6. The predicted octanol–water partition coefficient (Wildman–Crippen LogP) is -1.79. The Balaban J connectivity index is 0.000000394. The topological polar surface area (TPSA) is 186 Å². The van der Waals surface area contributed by atoms with Crippen LogP contribution in [-0.2, 0) is 51.2 Å². The Labute approximate surface area is 277 Å². The smallest absolute Gasteiger partial charge is 0.353 e. The van der Waals surface area contributed by atoms with Gasteiger partial charge in [0.25, 0.3) is 0 Å². The molecular weight excluding hydrogens is 636 g/mol. The Morgan fingerprint density at radius 1 is 0.723 bits per heavy atom. The van der Waals surface area contributed by atoms with Crippen molar-refractivity contribution in [1.29, 1.82) is 0 Å². The molecule has 0 saturated carbocycles. The van der Waals surface area contributed by atoms with E-state index in [1.54, 1.807) is 82.7 Å². The number of aliphatic hydroxyl groups excluding tert-OH is 1. The highest BCUT2D eigenvalue weighted by Crippen LogP contribution is 2.17. The van der Waals surface area contributed by atoms with Crippen molar-refractivity contribution < 1.29 is 65.2 Å². The van der Waals surface area contributed by atoms with Crippen LogP contribution >= 0.6 is 0 Å². The zero-order valence-corrected chi connectivity index (χ0v) is 27.2. The highest BCUT2D eigenvalue weighted by Gasteiger charge is 2.12. The van der Waals surface area contributed by atoms with Crippen LogP contribution in [0.1, 0.15) is 20.8 Å². The minimum atomic E-state index is -1.23. The predicted molar refractivity (Wildman–Crippen MR) is 163 cm³/mol. The summed E-state index contributed by atoms with van der Waals surface area (Å²) in [5.74, 6) is -1.29. The number of aliphatic carboxylic acids is 1. The summed E-state index contributed by atoms with van der Waals surface area (Å²) in [7, 11) is 3.76. The molecule has 4 rings (SSSR count). The molecule has 0 radical (unpaired) electrons. The quantitative estimate of drug-likeness (QED) is 0.0905. The minimum Gasteiger partial charge on any atom is -1.00 e. The molecule has 16 heteroatoms. The van der Waals surface area contributed by atoms with Gasteiger partial charge in [0.05, 0.1) is 14.1 Å². The molecule has 1 unspecified atom stereocenters. The number of rotatable bonds is 9. The fourth-order valence-electron chi connectivity index (χ4n) is 3.44. The summed E-state index contributed by atoms with van der Waals surface area (Å²) in [6.45, 7) is 4.36. The molecule has 4 aromatic rings. The van der Waals surface area contributed by atoms with E-state index in [0.717, 1.165) is 0 Å². The van der Waals surface area contributed by atoms with Crippen molar-refractivity contribution in [2.24, 2.45) is 14.1 Å². The van der Waals surface area contributed by atoms with Crippen molar-refractivity contribution in [1.82, 2.24) is 9.13 Å². The number of anilines is 2. The molecule has 4 N–H and O–H groups in total. The van der Waals surface area contributed by atoms with Crippen molar-refractivity contribution in [2.45, 2.75) is 40.0 Å². The first-order valence-corrected chi connectivity index (χ1v) is 13.8. The summed E-state index contributed by atoms with van der Waals surface area (Å²) in [6.07, 6.45) is 9.63. The second-order valence-corrected chi connectivity index (χ2v) is 9.88. The van der Waals surface area contributed by atoms with E-state index in [4.69, 9.17) is 19.7 Å². The molecule has 2 aromatic heterocycles. The number of imidazole rings is 2. The fourth-order valence-corrected chi connectivity index (χ4v) is 3.44. The molecule has 0 fully saturated rings. The zero-order valence-electron chi connectivity index (χ0n) is 26.5. The van der Waals surface area contributed by atoms with Gasteiger partial charge in [0.2, 0.25) is 24.5 Å². The zero-order chi connectivity index (χ0) is 34.2. The fraction of sp³-hybridized carbons (Fsp3) is 0.258. The standard InChI is InChI=1S/2C14H15N3O3.C3H6O3.ClH/c2*1-11(18)15-12-3-5-13(6-4-12)20-14(19)9-17-8-7-16(2)10-17;1-2(4)3(5)6;/h2*3-8,10H,9H2,1-2H3;2,4H,1H3,(H,5,6);1H/p+1. The maximum Gasteiger partial charge on any atom is 0.353 e. The van der Waals surface area contributed by atoms with E-state index >= 15 is 0 Å². The van der Waals surface area contributed by atoms with Crippen LogP contribution in [0, 0.1) is 0 Å². The summed E-state index contributed by atoms with van der Waals surface area (Å²) >= 11 is 0. The van der Waals surface area contributed by atoms with E-state index in [2.05, 4.69) is 10.6 Å². The monoisotopic (exact) mass is 673 g/mol. The van der Waals surface area contributed by atoms with Crippen molar-refractivity contribution in [3.63, 3.8) is 0 Å². The molecule has 2 amide bonds. The largest absolute Gasteiger partial charge is 1.00 e. The third kappa shape index (κ3) is 16.4. The number of nitrogens with one attached hydrogen (secondary N) is 2. The van der Waals surface area contributed by atoms with Gasteiger partial charge in [-0.05, 0) is 55.5 Å². The van der Waals surface area contributed by atoms with Gasteiger partial charge in [-0.25, -0.2) is 32.7 Å². The summed E-state index contributed by atoms with van der Waals surface area (Å²) < 4.78 is 17.6. The molecule has 1 atom stereocenters. The number of aliphatic hydroxyl groups is 1. The van der Waals surface area contributed by atoms with Gasteiger partial charge in [0.1, 0.15) is 42.4 Å². The number of carbonyl (C=O) groups excluding carboxylic acids is 4. The van der Waals surface area contributed by atoms with Crippen molar-refractivity contribution in [3.8, 4) is 11.5 Å². The van der Waals surface area contributed by atoms with Gasteiger partial charge in [0, 0.05) is 25.2 Å². The highest BCUT2D eigenvalue weighted by molar-refractivity contribution is 5.89. The lowest BCUT2D eigenvalue weighted by atomic mass is 10.3. The van der Waals surface area contributed by atoms with Crippen LogP contribution in [0.5, 0.6) is 11.5 Å². The second-order valence-electron chi connectivity index (χ2n) is 9.88. The van der Waals surface area contributed by atoms with Crippen molar-refractivity contribution in [2.75, 3.05) is 10.6 Å². The first-order valence-electron chi connectivity index (χ1n) is 13.8. The van der Waals surface area contributed by atoms with Crippen molar-refractivity contribution in [3.05, 3.63) is 86.0 Å². The average Bonchev–Trinajstić information content (AvgIpc) is 3.57. The summed E-state index contributed by atoms with van der Waals surface area (Å²) in [6, 6.07) is 13.3. The Morgan fingerprint density at radius 3 is 1.28 bits per heavy atom. The molecule has 0 aliphatic rings. The van der Waals surface area contributed by atoms with Crippen LogP contribution < -0.4 is 41.6 Å². The Morgan fingerprint density at radius 2 is 1.04 bits per heavy atom. The second kappa shape index (κ2) is 19.8. The summed E-state index contributed by atoms with van der Waals surface area (Å²) in [5.41, 5.74) is 1.32. The molecule has 0 aliphatic heterocycles. The van der Waals surface area contributed by atoms with Crippen LogP contribution in [0.4, 0.5) is 11.4 Å². The van der Waals surface area contributed by atoms with Gasteiger partial charge in [-0.3, -0.25) is 9.59 Å². The number of ether oxygens (including phenoxy) is 2. The SMILES string of the molecule is CC(=O)Nc1ccc(OC(=O)Cn2cc[n+](C)c2)cc1.CC(=O)Nc1ccc(OC(=O)Cn2cc[n+](C)c2)cc1.CC(O)C(=O)O.[Cl-].